The molecule has 3 rings (SSSR count). The minimum atomic E-state index is -4.94. The lowest BCUT2D eigenvalue weighted by Gasteiger charge is -2.38. The fourth-order valence-corrected chi connectivity index (χ4v) is 5.54. The summed E-state index contributed by atoms with van der Waals surface area (Å²) in [4.78, 5) is 7.20. The van der Waals surface area contributed by atoms with Gasteiger partial charge in [-0.1, -0.05) is 39.0 Å². The number of rotatable bonds is 8. The van der Waals surface area contributed by atoms with Gasteiger partial charge in [-0.2, -0.15) is 13.2 Å². The SMILES string of the molecule is CCS(=O)c1cc2cc(CC(O)(CC(C)(C)c3ccccc3S(N)=O)C(F)(F)F)[nH]c2cn1. The molecule has 0 spiro atoms. The van der Waals surface area contributed by atoms with Crippen molar-refractivity contribution in [3.63, 3.8) is 0 Å². The lowest BCUT2D eigenvalue weighted by atomic mass is 9.73. The second kappa shape index (κ2) is 9.28. The van der Waals surface area contributed by atoms with Crippen LogP contribution in [-0.4, -0.2) is 41.0 Å². The van der Waals surface area contributed by atoms with E-state index in [4.69, 9.17) is 5.14 Å². The summed E-state index contributed by atoms with van der Waals surface area (Å²) in [5.41, 5.74) is -3.26. The quantitative estimate of drug-likeness (QED) is 0.435. The molecular formula is C22H26F3N3O3S2. The second-order valence-electron chi connectivity index (χ2n) is 8.60. The van der Waals surface area contributed by atoms with Crippen molar-refractivity contribution in [3.8, 4) is 0 Å². The van der Waals surface area contributed by atoms with E-state index in [9.17, 15) is 26.7 Å². The van der Waals surface area contributed by atoms with Gasteiger partial charge in [-0.15, -0.1) is 0 Å². The first-order valence-corrected chi connectivity index (χ1v) is 12.7. The third-order valence-electron chi connectivity index (χ3n) is 5.61. The van der Waals surface area contributed by atoms with E-state index < -0.39 is 51.8 Å². The summed E-state index contributed by atoms with van der Waals surface area (Å²) in [5.74, 6) is 0.369. The lowest BCUT2D eigenvalue weighted by molar-refractivity contribution is -0.266. The van der Waals surface area contributed by atoms with Crippen molar-refractivity contribution in [2.45, 2.75) is 60.7 Å². The van der Waals surface area contributed by atoms with Crippen molar-refractivity contribution >= 4 is 32.7 Å². The zero-order valence-corrected chi connectivity index (χ0v) is 20.0. The third kappa shape index (κ3) is 5.37. The van der Waals surface area contributed by atoms with E-state index in [1.807, 2.05) is 0 Å². The van der Waals surface area contributed by atoms with Crippen LogP contribution < -0.4 is 5.14 Å². The second-order valence-corrected chi connectivity index (χ2v) is 11.3. The van der Waals surface area contributed by atoms with E-state index in [-0.39, 0.29) is 10.6 Å². The molecule has 4 N–H and O–H groups in total. The summed E-state index contributed by atoms with van der Waals surface area (Å²) in [7, 11) is -3.19. The van der Waals surface area contributed by atoms with Crippen LogP contribution in [-0.2, 0) is 33.6 Å². The molecule has 180 valence electrons. The van der Waals surface area contributed by atoms with Gasteiger partial charge in [0.05, 0.1) is 27.4 Å². The van der Waals surface area contributed by atoms with E-state index in [2.05, 4.69) is 9.97 Å². The monoisotopic (exact) mass is 501 g/mol. The summed E-state index contributed by atoms with van der Waals surface area (Å²) in [6.07, 6.45) is -4.93. The number of nitrogens with two attached hydrogens (primary N) is 1. The molecule has 3 atom stereocenters. The van der Waals surface area contributed by atoms with E-state index in [1.54, 1.807) is 45.0 Å². The topological polar surface area (TPSA) is 109 Å². The highest BCUT2D eigenvalue weighted by Gasteiger charge is 2.56. The van der Waals surface area contributed by atoms with Crippen LogP contribution in [0.3, 0.4) is 0 Å². The molecule has 0 aliphatic heterocycles. The summed E-state index contributed by atoms with van der Waals surface area (Å²) >= 11 is 0. The number of halogens is 3. The highest BCUT2D eigenvalue weighted by Crippen LogP contribution is 2.44. The van der Waals surface area contributed by atoms with Gasteiger partial charge in [0.15, 0.2) is 5.60 Å². The van der Waals surface area contributed by atoms with Crippen LogP contribution in [0, 0.1) is 0 Å². The Kier molecular flexibility index (Phi) is 7.18. The number of H-pyrrole nitrogens is 1. The van der Waals surface area contributed by atoms with Gasteiger partial charge < -0.3 is 10.1 Å². The van der Waals surface area contributed by atoms with Gasteiger partial charge in [-0.25, -0.2) is 14.3 Å². The molecule has 0 aliphatic carbocycles. The summed E-state index contributed by atoms with van der Waals surface area (Å²) in [5, 5.41) is 17.3. The summed E-state index contributed by atoms with van der Waals surface area (Å²) in [6.45, 7) is 4.85. The molecule has 0 saturated heterocycles. The molecule has 0 saturated carbocycles. The Hall–Kier alpha value is -2.08. The lowest BCUT2D eigenvalue weighted by Crippen LogP contribution is -2.51. The maximum atomic E-state index is 14.2. The predicted molar refractivity (Wildman–Crippen MR) is 122 cm³/mol. The molecule has 0 bridgehead atoms. The first-order chi connectivity index (χ1) is 15.3. The number of hydrogen-bond acceptors (Lipinski definition) is 4. The zero-order valence-electron chi connectivity index (χ0n) is 18.4. The molecule has 0 amide bonds. The smallest absolute Gasteiger partial charge is 0.380 e. The molecular weight excluding hydrogens is 475 g/mol. The maximum Gasteiger partial charge on any atom is 0.417 e. The summed E-state index contributed by atoms with van der Waals surface area (Å²) in [6, 6.07) is 9.37. The van der Waals surface area contributed by atoms with Crippen LogP contribution in [0.15, 0.2) is 52.5 Å². The molecule has 2 aromatic heterocycles. The number of nitrogens with zero attached hydrogens (tertiary/aromatic N) is 1. The predicted octanol–water partition coefficient (Wildman–Crippen LogP) is 3.88. The zero-order chi connectivity index (χ0) is 24.6. The molecule has 33 heavy (non-hydrogen) atoms. The van der Waals surface area contributed by atoms with E-state index in [1.165, 1.54) is 18.3 Å². The van der Waals surface area contributed by atoms with Crippen molar-refractivity contribution in [2.75, 3.05) is 5.75 Å². The third-order valence-corrected chi connectivity index (χ3v) is 7.61. The number of aliphatic hydroxyl groups is 1. The molecule has 2 heterocycles. The Balaban J connectivity index is 1.99. The fourth-order valence-electron chi connectivity index (χ4n) is 4.04. The van der Waals surface area contributed by atoms with Gasteiger partial charge in [-0.3, -0.25) is 4.21 Å². The van der Waals surface area contributed by atoms with Crippen LogP contribution >= 0.6 is 0 Å². The van der Waals surface area contributed by atoms with Crippen LogP contribution in [0.1, 0.15) is 38.4 Å². The van der Waals surface area contributed by atoms with Crippen LogP contribution in [0.25, 0.3) is 10.9 Å². The molecule has 6 nitrogen and oxygen atoms in total. The van der Waals surface area contributed by atoms with Crippen molar-refractivity contribution in [1.82, 2.24) is 9.97 Å². The van der Waals surface area contributed by atoms with Crippen molar-refractivity contribution in [3.05, 3.63) is 53.9 Å². The Labute approximate surface area is 194 Å². The highest BCUT2D eigenvalue weighted by atomic mass is 32.2. The van der Waals surface area contributed by atoms with Crippen molar-refractivity contribution in [1.29, 1.82) is 0 Å². The van der Waals surface area contributed by atoms with Crippen LogP contribution in [0.5, 0.6) is 0 Å². The normalized spacial score (nSPS) is 16.5. The molecule has 3 unspecified atom stereocenters. The molecule has 1 aromatic carbocycles. The Morgan fingerprint density at radius 3 is 2.42 bits per heavy atom. The first kappa shape index (κ1) is 25.5. The van der Waals surface area contributed by atoms with E-state index in [0.29, 0.717) is 27.2 Å². The Morgan fingerprint density at radius 1 is 1.15 bits per heavy atom. The number of aromatic nitrogens is 2. The first-order valence-electron chi connectivity index (χ1n) is 10.2. The number of fused-ring (bicyclic) bond motifs is 1. The molecule has 0 radical (unpaired) electrons. The van der Waals surface area contributed by atoms with Gasteiger partial charge in [0.1, 0.15) is 16.0 Å². The maximum absolute atomic E-state index is 14.2. The van der Waals surface area contributed by atoms with Gasteiger partial charge in [0.2, 0.25) is 0 Å². The van der Waals surface area contributed by atoms with Gasteiger partial charge >= 0.3 is 6.18 Å². The molecule has 0 fully saturated rings. The van der Waals surface area contributed by atoms with Crippen molar-refractivity contribution in [2.24, 2.45) is 5.14 Å². The Bertz CT molecular complexity index is 1210. The van der Waals surface area contributed by atoms with Crippen LogP contribution in [0.4, 0.5) is 13.2 Å². The van der Waals surface area contributed by atoms with Gasteiger partial charge in [0, 0.05) is 23.3 Å². The minimum absolute atomic E-state index is 0.164. The number of hydrogen-bond donors (Lipinski definition) is 3. The molecule has 0 aliphatic rings. The number of alkyl halides is 3. The summed E-state index contributed by atoms with van der Waals surface area (Å²) < 4.78 is 66.4. The Morgan fingerprint density at radius 2 is 1.82 bits per heavy atom. The minimum Gasteiger partial charge on any atom is -0.380 e. The number of benzene rings is 1. The van der Waals surface area contributed by atoms with Gasteiger partial charge in [-0.05, 0) is 35.6 Å². The van der Waals surface area contributed by atoms with E-state index in [0.717, 1.165) is 0 Å². The standard InChI is InChI=1S/C22H26F3N3O3S2/c1-4-32(30)19-10-14-9-15(28-17(14)12-27-19)11-21(29,22(23,24)25)13-20(2,3)16-7-5-6-8-18(16)33(26)31/h5-10,12,28-29H,4,11,13,26H2,1-3H3. The number of aromatic amines is 1. The molecule has 11 heteroatoms. The van der Waals surface area contributed by atoms with E-state index >= 15 is 0 Å². The number of pyridine rings is 1. The highest BCUT2D eigenvalue weighted by molar-refractivity contribution is 7.84. The fraction of sp³-hybridized carbons (Fsp3) is 0.409. The number of nitrogens with one attached hydrogen (secondary N) is 1. The molecule has 3 aromatic rings. The van der Waals surface area contributed by atoms with Gasteiger partial charge in [0.25, 0.3) is 0 Å². The average Bonchev–Trinajstić information content (AvgIpc) is 3.12. The largest absolute Gasteiger partial charge is 0.417 e. The van der Waals surface area contributed by atoms with Crippen LogP contribution in [0.2, 0.25) is 0 Å². The average molecular weight is 502 g/mol. The van der Waals surface area contributed by atoms with Crippen molar-refractivity contribution < 1.29 is 26.7 Å².